The average molecular weight is 237 g/mol. The highest BCUT2D eigenvalue weighted by Gasteiger charge is 2.17. The molecule has 1 heterocycles. The van der Waals surface area contributed by atoms with Crippen LogP contribution in [-0.2, 0) is 0 Å². The first-order valence-corrected chi connectivity index (χ1v) is 5.23. The average Bonchev–Trinajstić information content (AvgIpc) is 2.58. The van der Waals surface area contributed by atoms with Gasteiger partial charge in [0.2, 0.25) is 0 Å². The van der Waals surface area contributed by atoms with E-state index in [9.17, 15) is 9.90 Å². The molecule has 0 saturated carbocycles. The van der Waals surface area contributed by atoms with Crippen LogP contribution in [0, 0.1) is 0 Å². The zero-order valence-electron chi connectivity index (χ0n) is 9.70. The summed E-state index contributed by atoms with van der Waals surface area (Å²) in [5, 5.41) is 12.3. The topological polar surface area (TPSA) is 104 Å². The van der Waals surface area contributed by atoms with Crippen LogP contribution in [-0.4, -0.2) is 22.2 Å². The van der Waals surface area contributed by atoms with Crippen molar-refractivity contribution in [3.63, 3.8) is 0 Å². The molecule has 2 rings (SSSR count). The number of nitrogen functional groups attached to an aromatic ring is 1. The molecule has 2 aromatic rings. The number of benzene rings is 1. The molecule has 0 aliphatic carbocycles. The Morgan fingerprint density at radius 3 is 2.88 bits per heavy atom. The minimum Gasteiger partial charge on any atom is -0.408 e. The van der Waals surface area contributed by atoms with Gasteiger partial charge in [-0.2, -0.15) is 0 Å². The number of aliphatic hydroxyl groups is 1. The minimum atomic E-state index is -0.516. The first-order valence-electron chi connectivity index (χ1n) is 5.23. The summed E-state index contributed by atoms with van der Waals surface area (Å²) in [6.07, 6.45) is 0. The summed E-state index contributed by atoms with van der Waals surface area (Å²) in [6, 6.07) is 3.26. The van der Waals surface area contributed by atoms with Crippen molar-refractivity contribution < 1.29 is 9.52 Å². The second-order valence-corrected chi connectivity index (χ2v) is 4.62. The molecular weight excluding hydrogens is 222 g/mol. The Kier molecular flexibility index (Phi) is 2.59. The molecule has 0 spiro atoms. The highest BCUT2D eigenvalue weighted by Crippen LogP contribution is 2.26. The number of aromatic amines is 1. The second-order valence-electron chi connectivity index (χ2n) is 4.62. The highest BCUT2D eigenvalue weighted by atomic mass is 16.4. The van der Waals surface area contributed by atoms with E-state index in [0.29, 0.717) is 22.5 Å². The SMILES string of the molecule is CC(C)(CO)Nc1cc2[nH]c(=O)oc2cc1N. The maximum Gasteiger partial charge on any atom is 0.417 e. The standard InChI is InChI=1S/C11H15N3O3/c1-11(2,5-15)14-7-4-8-9(3-6(7)12)17-10(16)13-8/h3-4,14-15H,5,12H2,1-2H3,(H,13,16). The number of nitrogens with one attached hydrogen (secondary N) is 2. The number of hydrogen-bond donors (Lipinski definition) is 4. The Morgan fingerprint density at radius 1 is 1.53 bits per heavy atom. The van der Waals surface area contributed by atoms with Crippen molar-refractivity contribution in [1.29, 1.82) is 0 Å². The van der Waals surface area contributed by atoms with Crippen LogP contribution in [0.1, 0.15) is 13.8 Å². The number of aliphatic hydroxyl groups excluding tert-OH is 1. The van der Waals surface area contributed by atoms with Crippen molar-refractivity contribution in [3.8, 4) is 0 Å². The molecular formula is C11H15N3O3. The molecule has 6 nitrogen and oxygen atoms in total. The number of fused-ring (bicyclic) bond motifs is 1. The molecule has 1 aromatic carbocycles. The molecule has 6 heteroatoms. The minimum absolute atomic E-state index is 0.0353. The van der Waals surface area contributed by atoms with Crippen LogP contribution in [0.15, 0.2) is 21.3 Å². The van der Waals surface area contributed by atoms with Gasteiger partial charge in [-0.25, -0.2) is 4.79 Å². The van der Waals surface area contributed by atoms with Crippen LogP contribution >= 0.6 is 0 Å². The van der Waals surface area contributed by atoms with E-state index < -0.39 is 11.3 Å². The van der Waals surface area contributed by atoms with Gasteiger partial charge >= 0.3 is 5.76 Å². The van der Waals surface area contributed by atoms with Crippen LogP contribution in [0.4, 0.5) is 11.4 Å². The number of oxazole rings is 1. The van der Waals surface area contributed by atoms with Crippen LogP contribution in [0.2, 0.25) is 0 Å². The third-order valence-corrected chi connectivity index (χ3v) is 2.46. The van der Waals surface area contributed by atoms with Crippen molar-refractivity contribution in [1.82, 2.24) is 4.98 Å². The molecule has 0 fully saturated rings. The van der Waals surface area contributed by atoms with Crippen molar-refractivity contribution in [2.24, 2.45) is 0 Å². The van der Waals surface area contributed by atoms with E-state index in [1.165, 1.54) is 0 Å². The molecule has 0 atom stereocenters. The lowest BCUT2D eigenvalue weighted by atomic mass is 10.1. The summed E-state index contributed by atoms with van der Waals surface area (Å²) in [6.45, 7) is 3.65. The lowest BCUT2D eigenvalue weighted by Gasteiger charge is -2.25. The van der Waals surface area contributed by atoms with Gasteiger partial charge in [-0.05, 0) is 19.9 Å². The summed E-state index contributed by atoms with van der Waals surface area (Å²) in [5.74, 6) is -0.516. The Morgan fingerprint density at radius 2 is 2.24 bits per heavy atom. The molecule has 5 N–H and O–H groups in total. The molecule has 92 valence electrons. The molecule has 0 radical (unpaired) electrons. The van der Waals surface area contributed by atoms with Crippen LogP contribution in [0.5, 0.6) is 0 Å². The van der Waals surface area contributed by atoms with Gasteiger partial charge < -0.3 is 20.6 Å². The van der Waals surface area contributed by atoms with Crippen LogP contribution < -0.4 is 16.8 Å². The van der Waals surface area contributed by atoms with E-state index >= 15 is 0 Å². The van der Waals surface area contributed by atoms with Gasteiger partial charge in [0.15, 0.2) is 5.58 Å². The smallest absolute Gasteiger partial charge is 0.408 e. The van der Waals surface area contributed by atoms with Gasteiger partial charge in [0.05, 0.1) is 29.0 Å². The van der Waals surface area contributed by atoms with E-state index in [1.807, 2.05) is 13.8 Å². The van der Waals surface area contributed by atoms with Gasteiger partial charge in [-0.15, -0.1) is 0 Å². The Labute approximate surface area is 97.4 Å². The van der Waals surface area contributed by atoms with Crippen LogP contribution in [0.3, 0.4) is 0 Å². The lowest BCUT2D eigenvalue weighted by Crippen LogP contribution is -2.35. The monoisotopic (exact) mass is 237 g/mol. The predicted octanol–water partition coefficient (Wildman–Crippen LogP) is 0.886. The number of aromatic nitrogens is 1. The maximum atomic E-state index is 11.0. The molecule has 1 aromatic heterocycles. The fraction of sp³-hybridized carbons (Fsp3) is 0.364. The Balaban J connectivity index is 2.47. The Bertz CT molecular complexity index is 598. The molecule has 17 heavy (non-hydrogen) atoms. The van der Waals surface area contributed by atoms with E-state index in [0.717, 1.165) is 0 Å². The molecule has 0 amide bonds. The summed E-state index contributed by atoms with van der Waals surface area (Å²) < 4.78 is 4.89. The first-order chi connectivity index (χ1) is 7.91. The quantitative estimate of drug-likeness (QED) is 0.593. The van der Waals surface area contributed by atoms with Gasteiger partial charge in [0.25, 0.3) is 0 Å². The fourth-order valence-electron chi connectivity index (χ4n) is 1.53. The third-order valence-electron chi connectivity index (χ3n) is 2.46. The molecule has 0 saturated heterocycles. The first kappa shape index (κ1) is 11.5. The molecule has 0 aliphatic heterocycles. The number of hydrogen-bond acceptors (Lipinski definition) is 5. The largest absolute Gasteiger partial charge is 0.417 e. The van der Waals surface area contributed by atoms with Gasteiger partial charge in [0, 0.05) is 6.07 Å². The molecule has 0 aliphatic rings. The number of rotatable bonds is 3. The molecule has 0 bridgehead atoms. The van der Waals surface area contributed by atoms with Gasteiger partial charge in [-0.1, -0.05) is 0 Å². The van der Waals surface area contributed by atoms with E-state index in [2.05, 4.69) is 10.3 Å². The zero-order valence-corrected chi connectivity index (χ0v) is 9.70. The van der Waals surface area contributed by atoms with E-state index in [4.69, 9.17) is 10.2 Å². The van der Waals surface area contributed by atoms with Crippen molar-refractivity contribution in [2.75, 3.05) is 17.7 Å². The summed E-state index contributed by atoms with van der Waals surface area (Å²) in [5.41, 5.74) is 7.44. The fourth-order valence-corrected chi connectivity index (χ4v) is 1.53. The predicted molar refractivity (Wildman–Crippen MR) is 66.0 cm³/mol. The number of anilines is 2. The normalized spacial score (nSPS) is 11.9. The van der Waals surface area contributed by atoms with Gasteiger partial charge in [-0.3, -0.25) is 4.98 Å². The lowest BCUT2D eigenvalue weighted by molar-refractivity contribution is 0.234. The summed E-state index contributed by atoms with van der Waals surface area (Å²) in [4.78, 5) is 13.6. The maximum absolute atomic E-state index is 11.0. The second kappa shape index (κ2) is 3.81. The van der Waals surface area contributed by atoms with Crippen LogP contribution in [0.25, 0.3) is 11.1 Å². The molecule has 0 unspecified atom stereocenters. The van der Waals surface area contributed by atoms with Crippen molar-refractivity contribution in [3.05, 3.63) is 22.7 Å². The summed E-state index contributed by atoms with van der Waals surface area (Å²) >= 11 is 0. The van der Waals surface area contributed by atoms with E-state index in [1.54, 1.807) is 12.1 Å². The van der Waals surface area contributed by atoms with Gasteiger partial charge in [0.1, 0.15) is 0 Å². The number of H-pyrrole nitrogens is 1. The number of nitrogens with two attached hydrogens (primary N) is 1. The van der Waals surface area contributed by atoms with Crippen molar-refractivity contribution in [2.45, 2.75) is 19.4 Å². The Hall–Kier alpha value is -1.95. The van der Waals surface area contributed by atoms with Crippen molar-refractivity contribution >= 4 is 22.5 Å². The third kappa shape index (κ3) is 2.26. The zero-order chi connectivity index (χ0) is 12.6. The summed E-state index contributed by atoms with van der Waals surface area (Å²) in [7, 11) is 0. The highest BCUT2D eigenvalue weighted by molar-refractivity contribution is 5.85. The van der Waals surface area contributed by atoms with E-state index in [-0.39, 0.29) is 6.61 Å².